The molecule has 0 fully saturated rings. The van der Waals surface area contributed by atoms with Crippen LogP contribution in [0.5, 0.6) is 23.0 Å². The molecule has 2 N–H and O–H groups in total. The molecular weight excluding hydrogens is 443 g/mol. The molecule has 0 heterocycles. The van der Waals surface area contributed by atoms with E-state index in [0.717, 1.165) is 5.56 Å². The number of nitrogens with one attached hydrogen (secondary N) is 2. The average molecular weight is 468 g/mol. The van der Waals surface area contributed by atoms with E-state index in [1.165, 1.54) is 39.5 Å². The summed E-state index contributed by atoms with van der Waals surface area (Å²) >= 11 is 0. The van der Waals surface area contributed by atoms with Crippen molar-refractivity contribution in [3.8, 4) is 23.0 Å². The zero-order valence-corrected chi connectivity index (χ0v) is 19.0. The summed E-state index contributed by atoms with van der Waals surface area (Å²) in [5.74, 6) is 0.0893. The van der Waals surface area contributed by atoms with Gasteiger partial charge in [-0.05, 0) is 42.0 Å². The summed E-state index contributed by atoms with van der Waals surface area (Å²) in [5.41, 5.74) is 1.02. The van der Waals surface area contributed by atoms with E-state index < -0.39 is 24.2 Å². The van der Waals surface area contributed by atoms with Gasteiger partial charge in [0.05, 0.1) is 32.6 Å². The molecule has 0 aromatic heterocycles. The topological polar surface area (TPSA) is 95.1 Å². The van der Waals surface area contributed by atoms with Crippen LogP contribution >= 0.6 is 0 Å². The number of amides is 2. The first kappa shape index (κ1) is 24.4. The van der Waals surface area contributed by atoms with E-state index >= 15 is 0 Å². The number of rotatable bonds is 10. The fourth-order valence-corrected chi connectivity index (χ4v) is 3.19. The number of methoxy groups -OCH3 is 3. The van der Waals surface area contributed by atoms with Crippen LogP contribution in [0.3, 0.4) is 0 Å². The van der Waals surface area contributed by atoms with Gasteiger partial charge in [0.15, 0.2) is 18.1 Å². The van der Waals surface area contributed by atoms with Crippen molar-refractivity contribution < 1.29 is 32.9 Å². The molecule has 9 heteroatoms. The quantitative estimate of drug-likeness (QED) is 0.470. The van der Waals surface area contributed by atoms with Crippen LogP contribution in [-0.4, -0.2) is 39.8 Å². The van der Waals surface area contributed by atoms with Gasteiger partial charge in [-0.25, -0.2) is 4.39 Å². The highest BCUT2D eigenvalue weighted by atomic mass is 19.1. The first-order valence-electron chi connectivity index (χ1n) is 10.3. The van der Waals surface area contributed by atoms with E-state index in [4.69, 9.17) is 18.9 Å². The van der Waals surface area contributed by atoms with E-state index in [1.807, 2.05) is 0 Å². The number of ether oxygens (including phenoxy) is 4. The van der Waals surface area contributed by atoms with Gasteiger partial charge in [-0.2, -0.15) is 0 Å². The third kappa shape index (κ3) is 5.94. The minimum Gasteiger partial charge on any atom is -0.493 e. The Labute approximate surface area is 196 Å². The predicted octanol–water partition coefficient (Wildman–Crippen LogP) is 3.80. The van der Waals surface area contributed by atoms with Gasteiger partial charge in [0.25, 0.3) is 11.8 Å². The molecule has 0 aliphatic heterocycles. The molecule has 178 valence electrons. The molecule has 0 saturated heterocycles. The molecule has 0 unspecified atom stereocenters. The van der Waals surface area contributed by atoms with Crippen molar-refractivity contribution in [2.45, 2.75) is 6.54 Å². The lowest BCUT2D eigenvalue weighted by Crippen LogP contribution is -2.25. The standard InChI is InChI=1S/C25H25FN2O6/c1-31-21-12-16(13-22(32-2)24(21)33-3)14-27-25(30)17-8-4-7-11-20(17)34-15-23(29)28-19-10-6-5-9-18(19)26/h4-13H,14-15H2,1-3H3,(H,27,30)(H,28,29). The zero-order valence-electron chi connectivity index (χ0n) is 19.0. The summed E-state index contributed by atoms with van der Waals surface area (Å²) < 4.78 is 35.2. The molecule has 3 rings (SSSR count). The van der Waals surface area contributed by atoms with Gasteiger partial charge in [0, 0.05) is 6.54 Å². The number of carbonyl (C=O) groups excluding carboxylic acids is 2. The Hall–Kier alpha value is -4.27. The molecule has 0 aliphatic carbocycles. The fraction of sp³-hybridized carbons (Fsp3) is 0.200. The lowest BCUT2D eigenvalue weighted by atomic mass is 10.1. The zero-order chi connectivity index (χ0) is 24.5. The van der Waals surface area contributed by atoms with Gasteiger partial charge in [-0.15, -0.1) is 0 Å². The van der Waals surface area contributed by atoms with Crippen molar-refractivity contribution >= 4 is 17.5 Å². The molecule has 0 radical (unpaired) electrons. The predicted molar refractivity (Wildman–Crippen MR) is 124 cm³/mol. The fourth-order valence-electron chi connectivity index (χ4n) is 3.19. The Balaban J connectivity index is 1.65. The molecule has 0 saturated carbocycles. The van der Waals surface area contributed by atoms with Gasteiger partial charge in [-0.1, -0.05) is 24.3 Å². The smallest absolute Gasteiger partial charge is 0.262 e. The van der Waals surface area contributed by atoms with Gasteiger partial charge in [0.2, 0.25) is 5.75 Å². The minimum absolute atomic E-state index is 0.0486. The van der Waals surface area contributed by atoms with Crippen LogP contribution in [0.25, 0.3) is 0 Å². The van der Waals surface area contributed by atoms with Gasteiger partial charge in [-0.3, -0.25) is 9.59 Å². The summed E-state index contributed by atoms with van der Waals surface area (Å²) in [6, 6.07) is 15.8. The third-order valence-corrected chi connectivity index (χ3v) is 4.82. The highest BCUT2D eigenvalue weighted by Crippen LogP contribution is 2.38. The Morgan fingerprint density at radius 1 is 0.853 bits per heavy atom. The molecular formula is C25H25FN2O6. The van der Waals surface area contributed by atoms with Crippen molar-refractivity contribution in [2.75, 3.05) is 33.3 Å². The lowest BCUT2D eigenvalue weighted by Gasteiger charge is -2.15. The van der Waals surface area contributed by atoms with Crippen molar-refractivity contribution in [1.82, 2.24) is 5.32 Å². The van der Waals surface area contributed by atoms with Crippen LogP contribution in [0.2, 0.25) is 0 Å². The van der Waals surface area contributed by atoms with Gasteiger partial charge >= 0.3 is 0 Å². The summed E-state index contributed by atoms with van der Waals surface area (Å²) in [4.78, 5) is 25.0. The molecule has 0 spiro atoms. The summed E-state index contributed by atoms with van der Waals surface area (Å²) in [6.07, 6.45) is 0. The molecule has 0 bridgehead atoms. The largest absolute Gasteiger partial charge is 0.493 e. The van der Waals surface area contributed by atoms with E-state index in [2.05, 4.69) is 10.6 Å². The summed E-state index contributed by atoms with van der Waals surface area (Å²) in [5, 5.41) is 5.24. The molecule has 2 amide bonds. The summed E-state index contributed by atoms with van der Waals surface area (Å²) in [6.45, 7) is -0.219. The maximum atomic E-state index is 13.7. The molecule has 3 aromatic rings. The first-order valence-corrected chi connectivity index (χ1v) is 10.3. The van der Waals surface area contributed by atoms with Crippen molar-refractivity contribution in [3.63, 3.8) is 0 Å². The maximum Gasteiger partial charge on any atom is 0.262 e. The van der Waals surface area contributed by atoms with E-state index in [9.17, 15) is 14.0 Å². The van der Waals surface area contributed by atoms with Crippen molar-refractivity contribution in [3.05, 3.63) is 77.6 Å². The van der Waals surface area contributed by atoms with Crippen molar-refractivity contribution in [1.29, 1.82) is 0 Å². The number of benzene rings is 3. The minimum atomic E-state index is -0.558. The monoisotopic (exact) mass is 468 g/mol. The van der Waals surface area contributed by atoms with Crippen LogP contribution in [0, 0.1) is 5.82 Å². The Kier molecular flexibility index (Phi) is 8.28. The van der Waals surface area contributed by atoms with E-state index in [1.54, 1.807) is 42.5 Å². The van der Waals surface area contributed by atoms with Crippen LogP contribution in [0.1, 0.15) is 15.9 Å². The number of hydrogen-bond acceptors (Lipinski definition) is 6. The van der Waals surface area contributed by atoms with Crippen LogP contribution in [0.4, 0.5) is 10.1 Å². The Morgan fingerprint density at radius 2 is 1.50 bits per heavy atom. The SMILES string of the molecule is COc1cc(CNC(=O)c2ccccc2OCC(=O)Nc2ccccc2F)cc(OC)c1OC. The first-order chi connectivity index (χ1) is 16.5. The van der Waals surface area contributed by atoms with Crippen LogP contribution < -0.4 is 29.6 Å². The number of halogens is 1. The van der Waals surface area contributed by atoms with E-state index in [0.29, 0.717) is 17.2 Å². The molecule has 0 atom stereocenters. The van der Waals surface area contributed by atoms with E-state index in [-0.39, 0.29) is 23.5 Å². The average Bonchev–Trinajstić information content (AvgIpc) is 2.86. The molecule has 8 nitrogen and oxygen atoms in total. The number of para-hydroxylation sites is 2. The summed E-state index contributed by atoms with van der Waals surface area (Å²) in [7, 11) is 4.53. The molecule has 34 heavy (non-hydrogen) atoms. The second kappa shape index (κ2) is 11.6. The Bertz CT molecular complexity index is 1140. The van der Waals surface area contributed by atoms with Gasteiger partial charge in [0.1, 0.15) is 11.6 Å². The molecule has 3 aromatic carbocycles. The number of hydrogen-bond donors (Lipinski definition) is 2. The Morgan fingerprint density at radius 3 is 2.15 bits per heavy atom. The highest BCUT2D eigenvalue weighted by molar-refractivity contribution is 5.97. The van der Waals surface area contributed by atoms with Gasteiger partial charge < -0.3 is 29.6 Å². The maximum absolute atomic E-state index is 13.7. The van der Waals surface area contributed by atoms with Crippen LogP contribution in [0.15, 0.2) is 60.7 Å². The lowest BCUT2D eigenvalue weighted by molar-refractivity contribution is -0.118. The van der Waals surface area contributed by atoms with Crippen LogP contribution in [-0.2, 0) is 11.3 Å². The normalized spacial score (nSPS) is 10.2. The number of anilines is 1. The van der Waals surface area contributed by atoms with Crippen molar-refractivity contribution in [2.24, 2.45) is 0 Å². The third-order valence-electron chi connectivity index (χ3n) is 4.82. The second-order valence-corrected chi connectivity index (χ2v) is 7.03. The highest BCUT2D eigenvalue weighted by Gasteiger charge is 2.16. The molecule has 0 aliphatic rings. The second-order valence-electron chi connectivity index (χ2n) is 7.03. The number of carbonyl (C=O) groups is 2.